The van der Waals surface area contributed by atoms with Crippen LogP contribution in [-0.4, -0.2) is 48.9 Å². The maximum Gasteiger partial charge on any atom is 0.228 e. The minimum Gasteiger partial charge on any atom is -0.364 e. The van der Waals surface area contributed by atoms with Gasteiger partial charge in [0.25, 0.3) is 0 Å². The standard InChI is InChI=1S/C19H24N4O2S/c1-14(24)23-10-6-9-22(16-7-4-5-8-17(16)23)12-15-13-26-18(20-15)11-19(25)21(2)3/h4-5,7-8,13H,6,9-12H2,1-3H3. The zero-order chi connectivity index (χ0) is 18.7. The van der Waals surface area contributed by atoms with Gasteiger partial charge in [-0.1, -0.05) is 12.1 Å². The molecule has 0 spiro atoms. The molecule has 3 rings (SSSR count). The van der Waals surface area contributed by atoms with Crippen molar-refractivity contribution in [1.82, 2.24) is 9.88 Å². The molecular weight excluding hydrogens is 348 g/mol. The lowest BCUT2D eigenvalue weighted by atomic mass is 10.2. The van der Waals surface area contributed by atoms with Gasteiger partial charge in [0.05, 0.1) is 30.0 Å². The predicted octanol–water partition coefficient (Wildman–Crippen LogP) is 2.54. The fourth-order valence-corrected chi connectivity index (χ4v) is 3.87. The van der Waals surface area contributed by atoms with Crippen LogP contribution in [-0.2, 0) is 22.6 Å². The van der Waals surface area contributed by atoms with Crippen molar-refractivity contribution in [2.45, 2.75) is 26.3 Å². The van der Waals surface area contributed by atoms with E-state index >= 15 is 0 Å². The van der Waals surface area contributed by atoms with E-state index in [0.717, 1.165) is 41.6 Å². The second kappa shape index (κ2) is 7.86. The fraction of sp³-hybridized carbons (Fsp3) is 0.421. The Hall–Kier alpha value is -2.41. The van der Waals surface area contributed by atoms with Gasteiger partial charge in [-0.15, -0.1) is 11.3 Å². The van der Waals surface area contributed by atoms with E-state index in [1.807, 2.05) is 28.5 Å². The van der Waals surface area contributed by atoms with Crippen molar-refractivity contribution in [3.8, 4) is 0 Å². The summed E-state index contributed by atoms with van der Waals surface area (Å²) < 4.78 is 0. The van der Waals surface area contributed by atoms with E-state index in [4.69, 9.17) is 0 Å². The number of hydrogen-bond donors (Lipinski definition) is 0. The summed E-state index contributed by atoms with van der Waals surface area (Å²) in [7, 11) is 3.51. The van der Waals surface area contributed by atoms with Crippen molar-refractivity contribution in [2.75, 3.05) is 37.0 Å². The number of anilines is 2. The number of amides is 2. The molecular formula is C19H24N4O2S. The van der Waals surface area contributed by atoms with Gasteiger partial charge in [-0.3, -0.25) is 9.59 Å². The summed E-state index contributed by atoms with van der Waals surface area (Å²) in [6, 6.07) is 8.01. The minimum absolute atomic E-state index is 0.0584. The minimum atomic E-state index is 0.0584. The van der Waals surface area contributed by atoms with Gasteiger partial charge in [0.15, 0.2) is 0 Å². The van der Waals surface area contributed by atoms with Gasteiger partial charge in [-0.25, -0.2) is 4.98 Å². The Morgan fingerprint density at radius 1 is 1.19 bits per heavy atom. The molecule has 0 fully saturated rings. The molecule has 26 heavy (non-hydrogen) atoms. The summed E-state index contributed by atoms with van der Waals surface area (Å²) in [6.07, 6.45) is 1.25. The lowest BCUT2D eigenvalue weighted by Gasteiger charge is -2.25. The van der Waals surface area contributed by atoms with Crippen LogP contribution in [0.4, 0.5) is 11.4 Å². The number of likely N-dealkylation sites (N-methyl/N-ethyl adjacent to an activating group) is 1. The Balaban J connectivity index is 1.79. The highest BCUT2D eigenvalue weighted by Crippen LogP contribution is 2.33. The van der Waals surface area contributed by atoms with Crippen LogP contribution in [0.5, 0.6) is 0 Å². The highest BCUT2D eigenvalue weighted by Gasteiger charge is 2.23. The first-order valence-corrected chi connectivity index (χ1v) is 9.59. The van der Waals surface area contributed by atoms with Gasteiger partial charge in [-0.2, -0.15) is 0 Å². The van der Waals surface area contributed by atoms with Crippen LogP contribution < -0.4 is 9.80 Å². The van der Waals surface area contributed by atoms with Gasteiger partial charge in [0, 0.05) is 39.5 Å². The molecule has 2 amide bonds. The van der Waals surface area contributed by atoms with Gasteiger partial charge in [0.1, 0.15) is 5.01 Å². The Bertz CT molecular complexity index is 802. The summed E-state index contributed by atoms with van der Waals surface area (Å²) >= 11 is 1.53. The van der Waals surface area contributed by atoms with E-state index in [1.165, 1.54) is 11.3 Å². The molecule has 0 saturated carbocycles. The Kier molecular flexibility index (Phi) is 5.56. The first kappa shape index (κ1) is 18.4. The van der Waals surface area contributed by atoms with Crippen molar-refractivity contribution >= 4 is 34.5 Å². The average molecular weight is 372 g/mol. The number of thiazole rings is 1. The van der Waals surface area contributed by atoms with Crippen LogP contribution in [0, 0.1) is 0 Å². The monoisotopic (exact) mass is 372 g/mol. The largest absolute Gasteiger partial charge is 0.364 e. The molecule has 6 nitrogen and oxygen atoms in total. The van der Waals surface area contributed by atoms with E-state index in [9.17, 15) is 9.59 Å². The molecule has 2 heterocycles. The lowest BCUT2D eigenvalue weighted by Crippen LogP contribution is -2.28. The number of carbonyl (C=O) groups is 2. The Morgan fingerprint density at radius 2 is 1.92 bits per heavy atom. The summed E-state index contributed by atoms with van der Waals surface area (Å²) in [5, 5.41) is 2.86. The number of hydrogen-bond acceptors (Lipinski definition) is 5. The first-order chi connectivity index (χ1) is 12.5. The van der Waals surface area contributed by atoms with Crippen molar-refractivity contribution in [3.05, 3.63) is 40.3 Å². The third-order valence-corrected chi connectivity index (χ3v) is 5.35. The number of nitrogens with zero attached hydrogens (tertiary/aromatic N) is 4. The van der Waals surface area contributed by atoms with E-state index in [2.05, 4.69) is 16.0 Å². The van der Waals surface area contributed by atoms with Crippen molar-refractivity contribution in [2.24, 2.45) is 0 Å². The molecule has 1 aliphatic rings. The van der Waals surface area contributed by atoms with Gasteiger partial charge in [-0.05, 0) is 18.6 Å². The molecule has 0 saturated heterocycles. The van der Waals surface area contributed by atoms with Crippen molar-refractivity contribution in [3.63, 3.8) is 0 Å². The maximum absolute atomic E-state index is 12.0. The molecule has 1 aromatic heterocycles. The molecule has 2 aromatic rings. The topological polar surface area (TPSA) is 56.8 Å². The van der Waals surface area contributed by atoms with Crippen LogP contribution in [0.2, 0.25) is 0 Å². The van der Waals surface area contributed by atoms with Gasteiger partial charge < -0.3 is 14.7 Å². The van der Waals surface area contributed by atoms with Crippen molar-refractivity contribution < 1.29 is 9.59 Å². The molecule has 1 aliphatic heterocycles. The maximum atomic E-state index is 12.0. The van der Waals surface area contributed by atoms with Gasteiger partial charge in [0.2, 0.25) is 11.8 Å². The predicted molar refractivity (Wildman–Crippen MR) is 105 cm³/mol. The average Bonchev–Trinajstić information content (AvgIpc) is 2.95. The molecule has 0 N–H and O–H groups in total. The fourth-order valence-electron chi connectivity index (χ4n) is 3.10. The number of aromatic nitrogens is 1. The number of rotatable bonds is 4. The van der Waals surface area contributed by atoms with E-state index < -0.39 is 0 Å². The smallest absolute Gasteiger partial charge is 0.228 e. The third kappa shape index (κ3) is 4.04. The summed E-state index contributed by atoms with van der Waals surface area (Å²) in [5.41, 5.74) is 2.97. The lowest BCUT2D eigenvalue weighted by molar-refractivity contribution is -0.128. The Morgan fingerprint density at radius 3 is 2.62 bits per heavy atom. The molecule has 7 heteroatoms. The number of benzene rings is 1. The normalized spacial score (nSPS) is 14.0. The third-order valence-electron chi connectivity index (χ3n) is 4.46. The molecule has 0 radical (unpaired) electrons. The zero-order valence-electron chi connectivity index (χ0n) is 15.4. The molecule has 1 aromatic carbocycles. The van der Waals surface area contributed by atoms with Crippen LogP contribution in [0.15, 0.2) is 29.6 Å². The second-order valence-electron chi connectivity index (χ2n) is 6.63. The van der Waals surface area contributed by atoms with Gasteiger partial charge >= 0.3 is 0 Å². The van der Waals surface area contributed by atoms with E-state index in [1.54, 1.807) is 25.9 Å². The highest BCUT2D eigenvalue weighted by atomic mass is 32.1. The SMILES string of the molecule is CC(=O)N1CCCN(Cc2csc(CC(=O)N(C)C)n2)c2ccccc21. The van der Waals surface area contributed by atoms with Crippen LogP contribution in [0.1, 0.15) is 24.0 Å². The highest BCUT2D eigenvalue weighted by molar-refractivity contribution is 7.09. The van der Waals surface area contributed by atoms with Crippen LogP contribution in [0.25, 0.3) is 0 Å². The van der Waals surface area contributed by atoms with Crippen molar-refractivity contribution in [1.29, 1.82) is 0 Å². The molecule has 0 bridgehead atoms. The number of para-hydroxylation sites is 2. The van der Waals surface area contributed by atoms with E-state index in [0.29, 0.717) is 13.0 Å². The zero-order valence-corrected chi connectivity index (χ0v) is 16.3. The molecule has 138 valence electrons. The van der Waals surface area contributed by atoms with E-state index in [-0.39, 0.29) is 11.8 Å². The summed E-state index contributed by atoms with van der Waals surface area (Å²) in [6.45, 7) is 3.88. The van der Waals surface area contributed by atoms with Crippen LogP contribution in [0.3, 0.4) is 0 Å². The second-order valence-corrected chi connectivity index (χ2v) is 7.57. The summed E-state index contributed by atoms with van der Waals surface area (Å²) in [5.74, 6) is 0.126. The molecule has 0 atom stereocenters. The number of fused-ring (bicyclic) bond motifs is 1. The molecule has 0 unspecified atom stereocenters. The quantitative estimate of drug-likeness (QED) is 0.828. The summed E-state index contributed by atoms with van der Waals surface area (Å²) in [4.78, 5) is 34.2. The number of carbonyl (C=O) groups excluding carboxylic acids is 2. The first-order valence-electron chi connectivity index (χ1n) is 8.71. The molecule has 0 aliphatic carbocycles. The van der Waals surface area contributed by atoms with Crippen LogP contribution >= 0.6 is 11.3 Å². The Labute approximate surface area is 158 Å².